The van der Waals surface area contributed by atoms with Crippen molar-refractivity contribution in [3.8, 4) is 0 Å². The lowest BCUT2D eigenvalue weighted by Gasteiger charge is -2.47. The quantitative estimate of drug-likeness (QED) is 0.141. The van der Waals surface area contributed by atoms with Crippen LogP contribution in [-0.4, -0.2) is 165 Å². The molecule has 2 heterocycles. The standard InChI is InChI=1S/C18H32O15/c1-4-6(21)8(23)11(26)15(32-4)12(27)10(25)13(28)16(30)18(31,3-20)17-14(29)9(24)7(22)5(2-19)33-17/h3-17,19,21-31H,2H2,1H3/t4-,5-,6-,7-,8+,9+,10-,11+,12?,13-,14-,15?,16+,17?,18+/m1/s1. The van der Waals surface area contributed by atoms with Gasteiger partial charge in [0.2, 0.25) is 0 Å². The normalized spacial score (nSPS) is 45.5. The van der Waals surface area contributed by atoms with Crippen LogP contribution in [0.25, 0.3) is 0 Å². The van der Waals surface area contributed by atoms with Gasteiger partial charge in [0.15, 0.2) is 11.9 Å². The lowest BCUT2D eigenvalue weighted by atomic mass is 9.78. The van der Waals surface area contributed by atoms with Crippen molar-refractivity contribution in [2.24, 2.45) is 0 Å². The Morgan fingerprint density at radius 3 is 1.88 bits per heavy atom. The number of hydrogen-bond acceptors (Lipinski definition) is 15. The van der Waals surface area contributed by atoms with Crippen LogP contribution in [0.15, 0.2) is 0 Å². The molecule has 2 saturated heterocycles. The zero-order chi connectivity index (χ0) is 25.4. The fraction of sp³-hybridized carbons (Fsp3) is 0.944. The number of rotatable bonds is 8. The van der Waals surface area contributed by atoms with Crippen LogP contribution >= 0.6 is 0 Å². The third kappa shape index (κ3) is 5.07. The SMILES string of the molecule is C[C@H]1OC(C(O)[C@@H](O)[C@@H](O)[C@H](O)[C@@](O)(C=O)C2O[C@H](CO)[C@@H](O)[C@H](O)[C@H]2O)[C@@H](O)[C@@H](O)[C@@H]1O. The van der Waals surface area contributed by atoms with E-state index in [9.17, 15) is 66.1 Å². The highest BCUT2D eigenvalue weighted by Crippen LogP contribution is 2.32. The van der Waals surface area contributed by atoms with E-state index in [1.807, 2.05) is 0 Å². The van der Waals surface area contributed by atoms with Crippen LogP contribution in [0.3, 0.4) is 0 Å². The summed E-state index contributed by atoms with van der Waals surface area (Å²) in [6.45, 7) is 0.348. The molecule has 15 atom stereocenters. The summed E-state index contributed by atoms with van der Waals surface area (Å²) < 4.78 is 10.2. The summed E-state index contributed by atoms with van der Waals surface area (Å²) in [7, 11) is 0. The summed E-state index contributed by atoms with van der Waals surface area (Å²) in [5.74, 6) is 0. The molecular formula is C18H32O15. The highest BCUT2D eigenvalue weighted by atomic mass is 16.6. The van der Waals surface area contributed by atoms with Crippen molar-refractivity contribution in [1.82, 2.24) is 0 Å². The van der Waals surface area contributed by atoms with Gasteiger partial charge < -0.3 is 70.8 Å². The third-order valence-corrected chi connectivity index (χ3v) is 6.26. The maximum absolute atomic E-state index is 11.7. The van der Waals surface area contributed by atoms with E-state index in [-0.39, 0.29) is 6.29 Å². The Balaban J connectivity index is 2.24. The van der Waals surface area contributed by atoms with E-state index in [0.717, 1.165) is 0 Å². The van der Waals surface area contributed by atoms with Crippen molar-refractivity contribution in [3.63, 3.8) is 0 Å². The minimum absolute atomic E-state index is 0.374. The van der Waals surface area contributed by atoms with Gasteiger partial charge in [-0.25, -0.2) is 0 Å². The van der Waals surface area contributed by atoms with Crippen molar-refractivity contribution in [2.75, 3.05) is 6.61 Å². The molecule has 15 heteroatoms. The molecule has 0 saturated carbocycles. The summed E-state index contributed by atoms with van der Waals surface area (Å²) in [4.78, 5) is 11.7. The summed E-state index contributed by atoms with van der Waals surface area (Å²) in [5, 5.41) is 121. The van der Waals surface area contributed by atoms with Gasteiger partial charge in [-0.3, -0.25) is 4.79 Å². The monoisotopic (exact) mass is 488 g/mol. The van der Waals surface area contributed by atoms with Gasteiger partial charge in [0.05, 0.1) is 12.7 Å². The Morgan fingerprint density at radius 2 is 1.36 bits per heavy atom. The molecule has 2 aliphatic rings. The van der Waals surface area contributed by atoms with E-state index < -0.39 is 97.7 Å². The van der Waals surface area contributed by atoms with Gasteiger partial charge in [0.1, 0.15) is 79.4 Å². The maximum Gasteiger partial charge on any atom is 0.177 e. The summed E-state index contributed by atoms with van der Waals surface area (Å²) in [6, 6.07) is 0. The molecule has 0 aromatic carbocycles. The minimum Gasteiger partial charge on any atom is -0.394 e. The van der Waals surface area contributed by atoms with E-state index in [4.69, 9.17) is 9.47 Å². The molecule has 15 nitrogen and oxygen atoms in total. The van der Waals surface area contributed by atoms with Crippen LogP contribution < -0.4 is 0 Å². The molecule has 2 rings (SSSR count). The molecular weight excluding hydrogens is 456 g/mol. The molecule has 0 aliphatic carbocycles. The highest BCUT2D eigenvalue weighted by Gasteiger charge is 2.58. The van der Waals surface area contributed by atoms with E-state index in [1.54, 1.807) is 0 Å². The highest BCUT2D eigenvalue weighted by molar-refractivity contribution is 5.65. The first-order valence-electron chi connectivity index (χ1n) is 10.2. The number of ether oxygens (including phenoxy) is 2. The Labute approximate surface area is 187 Å². The van der Waals surface area contributed by atoms with Crippen molar-refractivity contribution < 1.29 is 75.5 Å². The second-order valence-corrected chi connectivity index (χ2v) is 8.45. The Bertz CT molecular complexity index is 650. The molecule has 33 heavy (non-hydrogen) atoms. The average molecular weight is 488 g/mol. The molecule has 0 radical (unpaired) electrons. The molecule has 0 aromatic heterocycles. The number of aldehydes is 1. The Hall–Kier alpha value is -0.890. The molecule has 0 amide bonds. The number of hydrogen-bond donors (Lipinski definition) is 12. The van der Waals surface area contributed by atoms with Gasteiger partial charge in [-0.15, -0.1) is 0 Å². The van der Waals surface area contributed by atoms with Crippen LogP contribution in [0, 0.1) is 0 Å². The first-order chi connectivity index (χ1) is 15.2. The lowest BCUT2D eigenvalue weighted by molar-refractivity contribution is -0.288. The van der Waals surface area contributed by atoms with Crippen molar-refractivity contribution in [2.45, 2.75) is 98.0 Å². The van der Waals surface area contributed by atoms with Crippen molar-refractivity contribution in [1.29, 1.82) is 0 Å². The molecule has 2 fully saturated rings. The smallest absolute Gasteiger partial charge is 0.177 e. The van der Waals surface area contributed by atoms with Crippen molar-refractivity contribution in [3.05, 3.63) is 0 Å². The second-order valence-electron chi connectivity index (χ2n) is 8.45. The van der Waals surface area contributed by atoms with Gasteiger partial charge in [0.25, 0.3) is 0 Å². The Kier molecular flexibility index (Phi) is 9.28. The van der Waals surface area contributed by atoms with Gasteiger partial charge in [-0.2, -0.15) is 0 Å². The zero-order valence-electron chi connectivity index (χ0n) is 17.5. The predicted molar refractivity (Wildman–Crippen MR) is 101 cm³/mol. The summed E-state index contributed by atoms with van der Waals surface area (Å²) in [5.41, 5.74) is -3.25. The lowest BCUT2D eigenvalue weighted by Crippen LogP contribution is -2.71. The van der Waals surface area contributed by atoms with E-state index in [1.165, 1.54) is 6.92 Å². The molecule has 194 valence electrons. The molecule has 0 bridgehead atoms. The van der Waals surface area contributed by atoms with Crippen LogP contribution in [-0.2, 0) is 14.3 Å². The van der Waals surface area contributed by atoms with Crippen molar-refractivity contribution >= 4 is 6.29 Å². The summed E-state index contributed by atoms with van der Waals surface area (Å²) in [6.07, 6.45) is -28.4. The number of carbonyl (C=O) groups is 1. The fourth-order valence-corrected chi connectivity index (χ4v) is 4.01. The predicted octanol–water partition coefficient (Wildman–Crippen LogP) is -7.93. The zero-order valence-corrected chi connectivity index (χ0v) is 17.5. The maximum atomic E-state index is 11.7. The van der Waals surface area contributed by atoms with E-state index in [2.05, 4.69) is 0 Å². The topological polar surface area (TPSA) is 278 Å². The van der Waals surface area contributed by atoms with Gasteiger partial charge in [-0.05, 0) is 6.92 Å². The molecule has 0 spiro atoms. The van der Waals surface area contributed by atoms with Gasteiger partial charge in [-0.1, -0.05) is 0 Å². The van der Waals surface area contributed by atoms with Crippen LogP contribution in [0.4, 0.5) is 0 Å². The van der Waals surface area contributed by atoms with Gasteiger partial charge in [0, 0.05) is 0 Å². The van der Waals surface area contributed by atoms with Crippen LogP contribution in [0.2, 0.25) is 0 Å². The fourth-order valence-electron chi connectivity index (χ4n) is 4.01. The number of carbonyl (C=O) groups excluding carboxylic acids is 1. The van der Waals surface area contributed by atoms with Crippen LogP contribution in [0.1, 0.15) is 6.92 Å². The van der Waals surface area contributed by atoms with E-state index in [0.29, 0.717) is 0 Å². The summed E-state index contributed by atoms with van der Waals surface area (Å²) >= 11 is 0. The molecule has 0 aromatic rings. The molecule has 12 N–H and O–H groups in total. The third-order valence-electron chi connectivity index (χ3n) is 6.26. The molecule has 2 aliphatic heterocycles. The average Bonchev–Trinajstić information content (AvgIpc) is 2.81. The first kappa shape index (κ1) is 28.3. The van der Waals surface area contributed by atoms with Crippen LogP contribution in [0.5, 0.6) is 0 Å². The van der Waals surface area contributed by atoms with E-state index >= 15 is 0 Å². The first-order valence-corrected chi connectivity index (χ1v) is 10.2. The second kappa shape index (κ2) is 10.8. The number of aliphatic hydroxyl groups excluding tert-OH is 11. The minimum atomic E-state index is -3.25. The number of aliphatic hydroxyl groups is 12. The molecule has 3 unspecified atom stereocenters. The largest absolute Gasteiger partial charge is 0.394 e. The Morgan fingerprint density at radius 1 is 0.818 bits per heavy atom. The van der Waals surface area contributed by atoms with Gasteiger partial charge >= 0.3 is 0 Å².